The van der Waals surface area contributed by atoms with Crippen LogP contribution in [0.4, 0.5) is 11.4 Å². The number of carbonyl (C=O) groups is 2. The quantitative estimate of drug-likeness (QED) is 0.464. The Morgan fingerprint density at radius 2 is 1.45 bits per heavy atom. The summed E-state index contributed by atoms with van der Waals surface area (Å²) < 4.78 is 16.0. The van der Waals surface area contributed by atoms with E-state index in [1.54, 1.807) is 61.7 Å². The van der Waals surface area contributed by atoms with E-state index in [4.69, 9.17) is 13.9 Å². The van der Waals surface area contributed by atoms with E-state index in [-0.39, 0.29) is 17.6 Å². The summed E-state index contributed by atoms with van der Waals surface area (Å²) in [4.78, 5) is 25.1. The number of nitrogens with one attached hydrogen (secondary N) is 2. The Hall–Kier alpha value is -4.26. The molecule has 4 aromatic rings. The van der Waals surface area contributed by atoms with Gasteiger partial charge in [-0.15, -0.1) is 0 Å². The van der Waals surface area contributed by atoms with Gasteiger partial charge in [-0.05, 0) is 48.5 Å². The second-order valence-electron chi connectivity index (χ2n) is 6.70. The Morgan fingerprint density at radius 1 is 0.774 bits per heavy atom. The summed E-state index contributed by atoms with van der Waals surface area (Å²) in [5.74, 6) is 0.559. The van der Waals surface area contributed by atoms with E-state index in [0.717, 1.165) is 5.39 Å². The van der Waals surface area contributed by atoms with Crippen molar-refractivity contribution >= 4 is 34.2 Å². The van der Waals surface area contributed by atoms with Crippen LogP contribution in [-0.4, -0.2) is 26.0 Å². The molecular formula is C24H20N2O5. The molecule has 2 N–H and O–H groups in total. The maximum absolute atomic E-state index is 12.6. The van der Waals surface area contributed by atoms with Crippen molar-refractivity contribution in [2.45, 2.75) is 0 Å². The lowest BCUT2D eigenvalue weighted by Gasteiger charge is -2.11. The van der Waals surface area contributed by atoms with Gasteiger partial charge >= 0.3 is 0 Å². The van der Waals surface area contributed by atoms with Gasteiger partial charge in [0, 0.05) is 22.8 Å². The smallest absolute Gasteiger partial charge is 0.291 e. The van der Waals surface area contributed by atoms with Crippen molar-refractivity contribution in [3.8, 4) is 11.5 Å². The largest absolute Gasteiger partial charge is 0.497 e. The van der Waals surface area contributed by atoms with Crippen LogP contribution in [0.15, 0.2) is 77.2 Å². The number of hydrogen-bond acceptors (Lipinski definition) is 5. The molecule has 0 aliphatic heterocycles. The van der Waals surface area contributed by atoms with Gasteiger partial charge in [0.1, 0.15) is 17.1 Å². The Kier molecular flexibility index (Phi) is 5.57. The number of rotatable bonds is 6. The third-order valence-corrected chi connectivity index (χ3v) is 4.70. The minimum Gasteiger partial charge on any atom is -0.497 e. The molecule has 0 aliphatic rings. The van der Waals surface area contributed by atoms with Crippen LogP contribution in [0.25, 0.3) is 11.0 Å². The van der Waals surface area contributed by atoms with E-state index in [0.29, 0.717) is 34.0 Å². The van der Waals surface area contributed by atoms with Crippen LogP contribution in [-0.2, 0) is 0 Å². The van der Waals surface area contributed by atoms with Crippen LogP contribution in [0, 0.1) is 0 Å². The minimum atomic E-state index is -0.351. The number of fused-ring (bicyclic) bond motifs is 1. The monoisotopic (exact) mass is 416 g/mol. The first kappa shape index (κ1) is 20.0. The predicted octanol–water partition coefficient (Wildman–Crippen LogP) is 4.95. The third kappa shape index (κ3) is 4.35. The number of methoxy groups -OCH3 is 2. The van der Waals surface area contributed by atoms with Crippen molar-refractivity contribution < 1.29 is 23.5 Å². The summed E-state index contributed by atoms with van der Waals surface area (Å²) in [6.45, 7) is 0. The number of anilines is 2. The minimum absolute atomic E-state index is 0.227. The maximum Gasteiger partial charge on any atom is 0.291 e. The van der Waals surface area contributed by atoms with E-state index >= 15 is 0 Å². The first-order valence-electron chi connectivity index (χ1n) is 9.51. The molecule has 0 spiro atoms. The lowest BCUT2D eigenvalue weighted by molar-refractivity contribution is 0.0996. The van der Waals surface area contributed by atoms with Crippen LogP contribution in [0.2, 0.25) is 0 Å². The Morgan fingerprint density at radius 3 is 2.10 bits per heavy atom. The van der Waals surface area contributed by atoms with Crippen LogP contribution in [0.1, 0.15) is 20.9 Å². The molecule has 1 aromatic heterocycles. The summed E-state index contributed by atoms with van der Waals surface area (Å²) in [5.41, 5.74) is 2.18. The van der Waals surface area contributed by atoms with Crippen LogP contribution in [0.3, 0.4) is 0 Å². The number of benzene rings is 3. The van der Waals surface area contributed by atoms with E-state index < -0.39 is 0 Å². The first-order valence-corrected chi connectivity index (χ1v) is 9.51. The summed E-state index contributed by atoms with van der Waals surface area (Å²) in [6, 6.07) is 20.9. The van der Waals surface area contributed by atoms with Crippen molar-refractivity contribution in [2.24, 2.45) is 0 Å². The van der Waals surface area contributed by atoms with Crippen molar-refractivity contribution in [3.05, 3.63) is 84.1 Å². The van der Waals surface area contributed by atoms with E-state index in [9.17, 15) is 9.59 Å². The lowest BCUT2D eigenvalue weighted by atomic mass is 10.1. The fourth-order valence-corrected chi connectivity index (χ4v) is 3.11. The number of amides is 2. The molecule has 7 heteroatoms. The zero-order valence-corrected chi connectivity index (χ0v) is 17.0. The second-order valence-corrected chi connectivity index (χ2v) is 6.70. The van der Waals surface area contributed by atoms with Gasteiger partial charge in [0.05, 0.1) is 19.8 Å². The molecule has 2 amide bonds. The van der Waals surface area contributed by atoms with Crippen molar-refractivity contribution in [1.82, 2.24) is 0 Å². The zero-order valence-electron chi connectivity index (χ0n) is 17.0. The molecule has 0 fully saturated rings. The zero-order chi connectivity index (χ0) is 21.8. The van der Waals surface area contributed by atoms with Gasteiger partial charge in [0.25, 0.3) is 11.8 Å². The van der Waals surface area contributed by atoms with E-state index in [2.05, 4.69) is 10.6 Å². The second kappa shape index (κ2) is 8.62. The number of furan rings is 1. The van der Waals surface area contributed by atoms with Gasteiger partial charge in [-0.3, -0.25) is 9.59 Å². The summed E-state index contributed by atoms with van der Waals surface area (Å²) >= 11 is 0. The Labute approximate surface area is 178 Å². The summed E-state index contributed by atoms with van der Waals surface area (Å²) in [6.07, 6.45) is 0. The van der Waals surface area contributed by atoms with Gasteiger partial charge in [-0.1, -0.05) is 18.2 Å². The average Bonchev–Trinajstić information content (AvgIpc) is 3.24. The molecule has 0 saturated carbocycles. The standard InChI is InChI=1S/C24H20N2O5/c1-29-18-11-12-19(21(14-18)30-2)23(27)25-16-7-9-17(10-8-16)26-24(28)22-13-15-5-3-4-6-20(15)31-22/h3-14H,1-2H3,(H,25,27)(H,26,28). The lowest BCUT2D eigenvalue weighted by Crippen LogP contribution is -2.14. The van der Waals surface area contributed by atoms with Crippen molar-refractivity contribution in [1.29, 1.82) is 0 Å². The Balaban J connectivity index is 1.43. The van der Waals surface area contributed by atoms with E-state index in [1.807, 2.05) is 18.2 Å². The van der Waals surface area contributed by atoms with Crippen molar-refractivity contribution in [3.63, 3.8) is 0 Å². The van der Waals surface area contributed by atoms with E-state index in [1.165, 1.54) is 7.11 Å². The number of ether oxygens (including phenoxy) is 2. The SMILES string of the molecule is COc1ccc(C(=O)Nc2ccc(NC(=O)c3cc4ccccc4o3)cc2)c(OC)c1. The van der Waals surface area contributed by atoms with Crippen molar-refractivity contribution in [2.75, 3.05) is 24.9 Å². The molecule has 1 heterocycles. The van der Waals surface area contributed by atoms with Gasteiger partial charge in [0.15, 0.2) is 5.76 Å². The first-order chi connectivity index (χ1) is 15.1. The maximum atomic E-state index is 12.6. The molecule has 0 bridgehead atoms. The highest BCUT2D eigenvalue weighted by atomic mass is 16.5. The molecule has 31 heavy (non-hydrogen) atoms. The molecule has 4 rings (SSSR count). The number of carbonyl (C=O) groups excluding carboxylic acids is 2. The highest BCUT2D eigenvalue weighted by Gasteiger charge is 2.15. The molecule has 0 radical (unpaired) electrons. The van der Waals surface area contributed by atoms with Crippen LogP contribution >= 0.6 is 0 Å². The average molecular weight is 416 g/mol. The Bertz CT molecular complexity index is 1210. The van der Waals surface area contributed by atoms with Crippen LogP contribution in [0.5, 0.6) is 11.5 Å². The van der Waals surface area contributed by atoms with Gasteiger partial charge < -0.3 is 24.5 Å². The highest BCUT2D eigenvalue weighted by molar-refractivity contribution is 6.07. The fraction of sp³-hybridized carbons (Fsp3) is 0.0833. The molecule has 0 atom stereocenters. The van der Waals surface area contributed by atoms with Gasteiger partial charge in [-0.25, -0.2) is 0 Å². The molecular weight excluding hydrogens is 396 g/mol. The normalized spacial score (nSPS) is 10.5. The molecule has 0 unspecified atom stereocenters. The molecule has 3 aromatic carbocycles. The highest BCUT2D eigenvalue weighted by Crippen LogP contribution is 2.26. The number of para-hydroxylation sites is 1. The molecule has 156 valence electrons. The topological polar surface area (TPSA) is 89.8 Å². The van der Waals surface area contributed by atoms with Gasteiger partial charge in [0.2, 0.25) is 0 Å². The summed E-state index contributed by atoms with van der Waals surface area (Å²) in [5, 5.41) is 6.45. The molecule has 0 saturated heterocycles. The van der Waals surface area contributed by atoms with Crippen LogP contribution < -0.4 is 20.1 Å². The predicted molar refractivity (Wildman–Crippen MR) is 118 cm³/mol. The molecule has 7 nitrogen and oxygen atoms in total. The fourth-order valence-electron chi connectivity index (χ4n) is 3.11. The molecule has 0 aliphatic carbocycles. The third-order valence-electron chi connectivity index (χ3n) is 4.70. The van der Waals surface area contributed by atoms with Gasteiger partial charge in [-0.2, -0.15) is 0 Å². The summed E-state index contributed by atoms with van der Waals surface area (Å²) in [7, 11) is 3.04. The number of hydrogen-bond donors (Lipinski definition) is 2.